The maximum absolute atomic E-state index is 10.7. The summed E-state index contributed by atoms with van der Waals surface area (Å²) >= 11 is 0. The third kappa shape index (κ3) is 2.22. The number of hydrogen-bond acceptors (Lipinski definition) is 3. The van der Waals surface area contributed by atoms with Crippen LogP contribution in [0.4, 0.5) is 0 Å². The molecule has 4 heteroatoms. The Bertz CT molecular complexity index is 334. The van der Waals surface area contributed by atoms with Gasteiger partial charge in [0.05, 0.1) is 0 Å². The quantitative estimate of drug-likeness (QED) is 0.534. The van der Waals surface area contributed by atoms with Crippen molar-refractivity contribution in [1.82, 2.24) is 0 Å². The van der Waals surface area contributed by atoms with Gasteiger partial charge in [-0.1, -0.05) is 26.0 Å². The largest absolute Gasteiger partial charge is 0.489 e. The molecule has 0 saturated carbocycles. The Morgan fingerprint density at radius 3 is 2.43 bits per heavy atom. The molecular weight excluding hydrogens is 179 g/mol. The van der Waals surface area contributed by atoms with Crippen LogP contribution in [0.1, 0.15) is 35.7 Å². The summed E-state index contributed by atoms with van der Waals surface area (Å²) in [7, 11) is -1.59. The second kappa shape index (κ2) is 4.40. The van der Waals surface area contributed by atoms with Crippen LogP contribution in [-0.2, 0) is 0 Å². The molecule has 0 spiro atoms. The summed E-state index contributed by atoms with van der Waals surface area (Å²) in [5.41, 5.74) is 1.60. The highest BCUT2D eigenvalue weighted by Crippen LogP contribution is 2.13. The van der Waals surface area contributed by atoms with E-state index in [1.807, 2.05) is 13.8 Å². The zero-order chi connectivity index (χ0) is 10.7. The number of aldehydes is 1. The molecule has 74 valence electrons. The molecule has 1 aromatic rings. The molecule has 0 unspecified atom stereocenters. The van der Waals surface area contributed by atoms with Crippen molar-refractivity contribution in [3.8, 4) is 0 Å². The van der Waals surface area contributed by atoms with E-state index < -0.39 is 7.12 Å². The lowest BCUT2D eigenvalue weighted by Gasteiger charge is -2.09. The molecule has 0 radical (unpaired) electrons. The molecule has 0 aliphatic heterocycles. The Labute approximate surface area is 83.5 Å². The molecule has 0 bridgehead atoms. The molecule has 0 fully saturated rings. The molecule has 0 amide bonds. The summed E-state index contributed by atoms with van der Waals surface area (Å²) in [4.78, 5) is 10.7. The maximum atomic E-state index is 10.7. The lowest BCUT2D eigenvalue weighted by molar-refractivity contribution is 0.112. The van der Waals surface area contributed by atoms with Crippen LogP contribution in [-0.4, -0.2) is 23.5 Å². The molecule has 1 rings (SSSR count). The van der Waals surface area contributed by atoms with E-state index in [1.165, 1.54) is 0 Å². The van der Waals surface area contributed by atoms with Crippen LogP contribution in [0.3, 0.4) is 0 Å². The van der Waals surface area contributed by atoms with Gasteiger partial charge in [0.15, 0.2) is 0 Å². The Morgan fingerprint density at radius 1 is 1.36 bits per heavy atom. The van der Waals surface area contributed by atoms with Crippen molar-refractivity contribution in [2.24, 2.45) is 0 Å². The molecule has 0 aromatic heterocycles. The van der Waals surface area contributed by atoms with Crippen LogP contribution in [0.25, 0.3) is 0 Å². The van der Waals surface area contributed by atoms with Gasteiger partial charge in [-0.3, -0.25) is 4.79 Å². The normalized spacial score (nSPS) is 10.4. The molecule has 2 N–H and O–H groups in total. The first kappa shape index (κ1) is 11.0. The minimum absolute atomic E-state index is 0.254. The predicted molar refractivity (Wildman–Crippen MR) is 55.7 cm³/mol. The summed E-state index contributed by atoms with van der Waals surface area (Å²) in [6, 6.07) is 5.06. The van der Waals surface area contributed by atoms with Crippen LogP contribution in [0, 0.1) is 0 Å². The number of carbonyl (C=O) groups is 1. The Morgan fingerprint density at radius 2 is 2.00 bits per heavy atom. The van der Waals surface area contributed by atoms with E-state index in [9.17, 15) is 4.79 Å². The Kier molecular flexibility index (Phi) is 3.44. The summed E-state index contributed by atoms with van der Waals surface area (Å²) in [6.45, 7) is 4.03. The van der Waals surface area contributed by atoms with Crippen molar-refractivity contribution in [2.45, 2.75) is 19.8 Å². The summed E-state index contributed by atoms with van der Waals surface area (Å²) < 4.78 is 0. The monoisotopic (exact) mass is 192 g/mol. The highest BCUT2D eigenvalue weighted by atomic mass is 16.4. The molecule has 0 heterocycles. The fourth-order valence-corrected chi connectivity index (χ4v) is 1.29. The van der Waals surface area contributed by atoms with Gasteiger partial charge in [-0.05, 0) is 23.0 Å². The Hall–Kier alpha value is -1.13. The van der Waals surface area contributed by atoms with Crippen molar-refractivity contribution in [2.75, 3.05) is 0 Å². The van der Waals surface area contributed by atoms with Crippen LogP contribution < -0.4 is 5.46 Å². The highest BCUT2D eigenvalue weighted by molar-refractivity contribution is 6.60. The maximum Gasteiger partial charge on any atom is 0.489 e. The minimum Gasteiger partial charge on any atom is -0.423 e. The van der Waals surface area contributed by atoms with Crippen molar-refractivity contribution in [3.63, 3.8) is 0 Å². The molecule has 0 atom stereocenters. The van der Waals surface area contributed by atoms with E-state index in [0.717, 1.165) is 5.56 Å². The van der Waals surface area contributed by atoms with Gasteiger partial charge in [0.1, 0.15) is 6.29 Å². The molecule has 0 aliphatic carbocycles. The molecule has 3 nitrogen and oxygen atoms in total. The Balaban J connectivity index is 3.18. The number of carbonyl (C=O) groups excluding carboxylic acids is 1. The van der Waals surface area contributed by atoms with Crippen molar-refractivity contribution in [1.29, 1.82) is 0 Å². The van der Waals surface area contributed by atoms with Gasteiger partial charge < -0.3 is 10.0 Å². The minimum atomic E-state index is -1.59. The average Bonchev–Trinajstić information content (AvgIpc) is 2.16. The van der Waals surface area contributed by atoms with E-state index in [1.54, 1.807) is 18.2 Å². The average molecular weight is 192 g/mol. The molecule has 0 saturated heterocycles. The van der Waals surface area contributed by atoms with Crippen LogP contribution in [0.2, 0.25) is 0 Å². The van der Waals surface area contributed by atoms with Gasteiger partial charge >= 0.3 is 7.12 Å². The number of rotatable bonds is 3. The fraction of sp³-hybridized carbons (Fsp3) is 0.300. The fourth-order valence-electron chi connectivity index (χ4n) is 1.29. The highest BCUT2D eigenvalue weighted by Gasteiger charge is 2.16. The third-order valence-corrected chi connectivity index (χ3v) is 2.18. The van der Waals surface area contributed by atoms with Crippen LogP contribution in [0.5, 0.6) is 0 Å². The van der Waals surface area contributed by atoms with E-state index in [2.05, 4.69) is 0 Å². The van der Waals surface area contributed by atoms with Gasteiger partial charge in [-0.2, -0.15) is 0 Å². The van der Waals surface area contributed by atoms with Crippen molar-refractivity contribution < 1.29 is 14.8 Å². The van der Waals surface area contributed by atoms with Crippen LogP contribution >= 0.6 is 0 Å². The van der Waals surface area contributed by atoms with E-state index in [0.29, 0.717) is 17.8 Å². The van der Waals surface area contributed by atoms with Crippen molar-refractivity contribution >= 4 is 18.9 Å². The first-order chi connectivity index (χ1) is 6.56. The molecule has 0 aliphatic rings. The van der Waals surface area contributed by atoms with E-state index in [-0.39, 0.29) is 5.46 Å². The van der Waals surface area contributed by atoms with E-state index in [4.69, 9.17) is 10.0 Å². The molecule has 1 aromatic carbocycles. The summed E-state index contributed by atoms with van der Waals surface area (Å²) in [6.07, 6.45) is 0.640. The summed E-state index contributed by atoms with van der Waals surface area (Å²) in [5.74, 6) is 0.318. The predicted octanol–water partition coefficient (Wildman–Crippen LogP) is 0.302. The molecular formula is C10H13BO3. The topological polar surface area (TPSA) is 57.5 Å². The molecule has 14 heavy (non-hydrogen) atoms. The van der Waals surface area contributed by atoms with Gasteiger partial charge in [0.2, 0.25) is 0 Å². The second-order valence-corrected chi connectivity index (χ2v) is 3.53. The summed E-state index contributed by atoms with van der Waals surface area (Å²) in [5, 5.41) is 17.9. The first-order valence-corrected chi connectivity index (χ1v) is 4.51. The van der Waals surface area contributed by atoms with Crippen molar-refractivity contribution in [3.05, 3.63) is 29.3 Å². The third-order valence-electron chi connectivity index (χ3n) is 2.18. The number of benzene rings is 1. The lowest BCUT2D eigenvalue weighted by Crippen LogP contribution is -2.33. The first-order valence-electron chi connectivity index (χ1n) is 4.51. The van der Waals surface area contributed by atoms with Crippen LogP contribution in [0.15, 0.2) is 18.2 Å². The lowest BCUT2D eigenvalue weighted by atomic mass is 9.76. The van der Waals surface area contributed by atoms with E-state index >= 15 is 0 Å². The van der Waals surface area contributed by atoms with Gasteiger partial charge in [-0.15, -0.1) is 0 Å². The standard InChI is InChI=1S/C10H13BO3/c1-7(2)8-3-4-10(11(13)14)9(5-8)6-12/h3-7,13-14H,1-2H3. The van der Waals surface area contributed by atoms with Gasteiger partial charge in [0.25, 0.3) is 0 Å². The van der Waals surface area contributed by atoms with Gasteiger partial charge in [-0.25, -0.2) is 0 Å². The zero-order valence-electron chi connectivity index (χ0n) is 8.27. The SMILES string of the molecule is CC(C)c1ccc(B(O)O)c(C=O)c1. The smallest absolute Gasteiger partial charge is 0.423 e. The second-order valence-electron chi connectivity index (χ2n) is 3.53. The zero-order valence-corrected chi connectivity index (χ0v) is 8.27. The van der Waals surface area contributed by atoms with Gasteiger partial charge in [0, 0.05) is 5.56 Å². The number of hydrogen-bond donors (Lipinski definition) is 2.